The summed E-state index contributed by atoms with van der Waals surface area (Å²) in [5.41, 5.74) is -1.62. The Morgan fingerprint density at radius 2 is 1.69 bits per heavy atom. The molecule has 0 unspecified atom stereocenters. The van der Waals surface area contributed by atoms with E-state index in [9.17, 15) is 23.1 Å². The second kappa shape index (κ2) is 10.8. The minimum absolute atomic E-state index is 0.00903. The van der Waals surface area contributed by atoms with E-state index in [2.05, 4.69) is 20.6 Å². The molecule has 1 aromatic heterocycles. The molecule has 1 heterocycles. The van der Waals surface area contributed by atoms with Gasteiger partial charge in [-0.05, 0) is 61.9 Å². The number of carbonyl (C=O) groups excluding carboxylic acids is 1. The van der Waals surface area contributed by atoms with Crippen LogP contribution >= 0.6 is 11.6 Å². The molecule has 0 saturated heterocycles. The molecule has 0 bridgehead atoms. The number of para-hydroxylation sites is 1. The number of hydrogen-bond acceptors (Lipinski definition) is 6. The quantitative estimate of drug-likeness (QED) is 0.292. The monoisotopic (exact) mass is 553 g/mol. The molecule has 0 saturated carbocycles. The maximum atomic E-state index is 13.8. The van der Waals surface area contributed by atoms with Gasteiger partial charge in [-0.1, -0.05) is 35.9 Å². The van der Waals surface area contributed by atoms with Crippen LogP contribution in [0.25, 0.3) is 11.4 Å². The summed E-state index contributed by atoms with van der Waals surface area (Å²) in [5, 5.41) is 24.1. The van der Waals surface area contributed by atoms with Gasteiger partial charge in [0.05, 0.1) is 27.5 Å². The van der Waals surface area contributed by atoms with Crippen LogP contribution in [0.1, 0.15) is 29.8 Å². The minimum Gasteiger partial charge on any atom is -0.386 e. The second-order valence-corrected chi connectivity index (χ2v) is 9.49. The number of rotatable bonds is 6. The Kier molecular flexibility index (Phi) is 7.71. The van der Waals surface area contributed by atoms with Crippen LogP contribution in [-0.2, 0) is 6.18 Å². The van der Waals surface area contributed by atoms with Gasteiger partial charge in [0.1, 0.15) is 5.82 Å². The van der Waals surface area contributed by atoms with E-state index in [0.717, 1.165) is 6.07 Å². The predicted octanol–water partition coefficient (Wildman–Crippen LogP) is 6.16. The number of benzene rings is 2. The summed E-state index contributed by atoms with van der Waals surface area (Å²) in [5.74, 6) is -0.958. The predicted molar refractivity (Wildman–Crippen MR) is 143 cm³/mol. The molecule has 11 heteroatoms. The number of nitrogens with zero attached hydrogens (tertiary/aromatic N) is 2. The smallest absolute Gasteiger partial charge is 0.386 e. The van der Waals surface area contributed by atoms with Gasteiger partial charge < -0.3 is 21.1 Å². The summed E-state index contributed by atoms with van der Waals surface area (Å²) >= 11 is 6.19. The van der Waals surface area contributed by atoms with Crippen LogP contribution in [0.15, 0.2) is 96.1 Å². The summed E-state index contributed by atoms with van der Waals surface area (Å²) < 4.78 is 41.4. The van der Waals surface area contributed by atoms with Gasteiger partial charge in [-0.15, -0.1) is 0 Å². The van der Waals surface area contributed by atoms with Crippen molar-refractivity contribution in [3.05, 3.63) is 112 Å². The normalized spacial score (nSPS) is 15.1. The first kappa shape index (κ1) is 27.7. The molecular weight excluding hydrogens is 531 g/mol. The topological polar surface area (TPSA) is 111 Å². The second-order valence-electron chi connectivity index (χ2n) is 9.09. The van der Waals surface area contributed by atoms with Gasteiger partial charge in [0.2, 0.25) is 0 Å². The van der Waals surface area contributed by atoms with E-state index in [-0.39, 0.29) is 28.5 Å². The highest BCUT2D eigenvalue weighted by Gasteiger charge is 2.36. The molecule has 7 nitrogen and oxygen atoms in total. The van der Waals surface area contributed by atoms with E-state index in [1.165, 1.54) is 24.5 Å². The van der Waals surface area contributed by atoms with Crippen molar-refractivity contribution in [1.82, 2.24) is 15.3 Å². The van der Waals surface area contributed by atoms with Gasteiger partial charge in [-0.25, -0.2) is 9.97 Å². The van der Waals surface area contributed by atoms with Crippen LogP contribution in [0.2, 0.25) is 5.02 Å². The fraction of sp³-hybridized carbons (Fsp3) is 0.143. The molecule has 0 aliphatic heterocycles. The molecule has 1 aliphatic rings. The molecule has 1 aliphatic carbocycles. The van der Waals surface area contributed by atoms with Crippen molar-refractivity contribution in [2.45, 2.75) is 25.6 Å². The molecule has 4 N–H and O–H groups in total. The van der Waals surface area contributed by atoms with Crippen molar-refractivity contribution in [3.8, 4) is 11.4 Å². The average Bonchev–Trinajstić information content (AvgIpc) is 2.88. The van der Waals surface area contributed by atoms with Crippen LogP contribution in [0.5, 0.6) is 0 Å². The zero-order valence-electron chi connectivity index (χ0n) is 20.8. The molecule has 200 valence electrons. The lowest BCUT2D eigenvalue weighted by atomic mass is 9.90. The number of alkyl halides is 3. The molecule has 4 rings (SSSR count). The molecular formula is C28H23ClF3N5O2. The first-order chi connectivity index (χ1) is 18.3. The van der Waals surface area contributed by atoms with Crippen LogP contribution < -0.4 is 10.6 Å². The summed E-state index contributed by atoms with van der Waals surface area (Å²) in [6, 6.07) is 11.9. The number of aliphatic hydroxyl groups is 1. The van der Waals surface area contributed by atoms with Gasteiger partial charge in [0.25, 0.3) is 5.91 Å². The van der Waals surface area contributed by atoms with E-state index in [4.69, 9.17) is 17.0 Å². The number of carbonyl (C=O) groups is 1. The zero-order valence-corrected chi connectivity index (χ0v) is 21.5. The third-order valence-corrected chi connectivity index (χ3v) is 6.05. The molecule has 1 amide bonds. The number of allylic oxidation sites excluding steroid dienone is 3. The van der Waals surface area contributed by atoms with Crippen LogP contribution in [0.4, 0.5) is 18.9 Å². The Morgan fingerprint density at radius 1 is 1.03 bits per heavy atom. The van der Waals surface area contributed by atoms with Gasteiger partial charge in [-0.2, -0.15) is 13.2 Å². The summed E-state index contributed by atoms with van der Waals surface area (Å²) in [7, 11) is 0. The summed E-state index contributed by atoms with van der Waals surface area (Å²) in [6.45, 7) is 3.16. The summed E-state index contributed by atoms with van der Waals surface area (Å²) in [6.07, 6.45) is 2.44. The Hall–Kier alpha value is -4.28. The maximum Gasteiger partial charge on any atom is 0.417 e. The van der Waals surface area contributed by atoms with E-state index in [1.807, 2.05) is 0 Å². The third-order valence-electron chi connectivity index (χ3n) is 5.74. The van der Waals surface area contributed by atoms with E-state index in [1.54, 1.807) is 56.3 Å². The summed E-state index contributed by atoms with van der Waals surface area (Å²) in [4.78, 5) is 21.3. The number of halogens is 4. The van der Waals surface area contributed by atoms with Crippen LogP contribution in [-0.4, -0.2) is 32.3 Å². The van der Waals surface area contributed by atoms with E-state index in [0.29, 0.717) is 17.3 Å². The van der Waals surface area contributed by atoms with Crippen LogP contribution in [0.3, 0.4) is 0 Å². The van der Waals surface area contributed by atoms with Crippen LogP contribution in [0, 0.1) is 5.41 Å². The molecule has 0 radical (unpaired) electrons. The first-order valence-electron chi connectivity index (χ1n) is 11.6. The highest BCUT2D eigenvalue weighted by Crippen LogP contribution is 2.39. The number of anilines is 1. The van der Waals surface area contributed by atoms with Gasteiger partial charge >= 0.3 is 6.18 Å². The molecule has 3 aromatic rings. The highest BCUT2D eigenvalue weighted by atomic mass is 35.5. The van der Waals surface area contributed by atoms with Crippen molar-refractivity contribution < 1.29 is 23.1 Å². The fourth-order valence-electron chi connectivity index (χ4n) is 3.76. The number of nitrogens with one attached hydrogen (secondary N) is 3. The lowest BCUT2D eigenvalue weighted by Gasteiger charge is -2.24. The van der Waals surface area contributed by atoms with Gasteiger partial charge in [0, 0.05) is 29.2 Å². The molecule has 0 spiro atoms. The molecule has 2 aromatic carbocycles. The van der Waals surface area contributed by atoms with Gasteiger partial charge in [-0.3, -0.25) is 4.79 Å². The first-order valence-corrected chi connectivity index (χ1v) is 12.0. The minimum atomic E-state index is -4.78. The lowest BCUT2D eigenvalue weighted by Crippen LogP contribution is -2.31. The number of hydrogen-bond donors (Lipinski definition) is 4. The number of aromatic nitrogens is 2. The van der Waals surface area contributed by atoms with Gasteiger partial charge in [0.15, 0.2) is 5.82 Å². The van der Waals surface area contributed by atoms with Crippen molar-refractivity contribution in [3.63, 3.8) is 0 Å². The van der Waals surface area contributed by atoms with E-state index >= 15 is 0 Å². The average molecular weight is 554 g/mol. The Bertz CT molecular complexity index is 1510. The van der Waals surface area contributed by atoms with Crippen molar-refractivity contribution in [1.29, 1.82) is 5.41 Å². The molecule has 0 fully saturated rings. The fourth-order valence-corrected chi connectivity index (χ4v) is 4.01. The highest BCUT2D eigenvalue weighted by molar-refractivity contribution is 6.34. The standard InChI is InChI=1S/C28H23ClF3N5O2/c1-27(2,39)16-9-10-18(23(33)13-16)25(36-17-7-4-3-5-8-17)37-26(38)20-14-19(24-34-11-6-12-35-24)21(15-22(20)29)28(30,31)32/h3-15,33,36,39H,1-2H3,(H,37,38)/b25-18+,33-23?. The zero-order chi connectivity index (χ0) is 28.4. The third kappa shape index (κ3) is 6.42. The number of amides is 1. The van der Waals surface area contributed by atoms with E-state index < -0.39 is 33.8 Å². The molecule has 0 atom stereocenters. The van der Waals surface area contributed by atoms with Crippen molar-refractivity contribution in [2.24, 2.45) is 0 Å². The Morgan fingerprint density at radius 3 is 2.28 bits per heavy atom. The molecule has 39 heavy (non-hydrogen) atoms. The Labute approximate surface area is 227 Å². The van der Waals surface area contributed by atoms with Crippen molar-refractivity contribution in [2.75, 3.05) is 5.32 Å². The Balaban J connectivity index is 1.78. The SMILES string of the molecule is CC(C)(O)C1=CC(=N)/C(=C(/NC(=O)c2cc(-c3ncccn3)c(C(F)(F)F)cc2Cl)Nc2ccccc2)C=C1. The largest absolute Gasteiger partial charge is 0.417 e. The van der Waals surface area contributed by atoms with Crippen molar-refractivity contribution >= 4 is 28.9 Å². The lowest BCUT2D eigenvalue weighted by molar-refractivity contribution is -0.137. The maximum absolute atomic E-state index is 13.8.